The van der Waals surface area contributed by atoms with Crippen LogP contribution in [0.25, 0.3) is 10.6 Å². The van der Waals surface area contributed by atoms with Crippen LogP contribution in [0.2, 0.25) is 0 Å². The maximum Gasteiger partial charge on any atom is 0.148 e. The minimum atomic E-state index is 0.146. The Kier molecular flexibility index (Phi) is 4.94. The van der Waals surface area contributed by atoms with Gasteiger partial charge in [0.15, 0.2) is 0 Å². The van der Waals surface area contributed by atoms with Gasteiger partial charge in [-0.15, -0.1) is 10.2 Å². The summed E-state index contributed by atoms with van der Waals surface area (Å²) in [4.78, 5) is 0. The molecule has 1 N–H and O–H groups in total. The summed E-state index contributed by atoms with van der Waals surface area (Å²) < 4.78 is 1.08. The van der Waals surface area contributed by atoms with E-state index in [9.17, 15) is 0 Å². The Morgan fingerprint density at radius 2 is 2.00 bits per heavy atom. The van der Waals surface area contributed by atoms with Crippen molar-refractivity contribution in [2.24, 2.45) is 0 Å². The predicted molar refractivity (Wildman–Crippen MR) is 89.2 cm³/mol. The normalized spacial score (nSPS) is 11.8. The summed E-state index contributed by atoms with van der Waals surface area (Å²) in [5.74, 6) is 0. The molecule has 0 spiro atoms. The van der Waals surface area contributed by atoms with Gasteiger partial charge in [0, 0.05) is 28.5 Å². The van der Waals surface area contributed by atoms with Crippen LogP contribution in [0.15, 0.2) is 22.7 Å². The van der Waals surface area contributed by atoms with Crippen molar-refractivity contribution in [1.82, 2.24) is 15.5 Å². The second-order valence-corrected chi connectivity index (χ2v) is 7.83. The van der Waals surface area contributed by atoms with Gasteiger partial charge in [-0.3, -0.25) is 0 Å². The first-order valence-electron chi connectivity index (χ1n) is 6.69. The summed E-state index contributed by atoms with van der Waals surface area (Å²) in [5, 5.41) is 14.1. The topological polar surface area (TPSA) is 37.8 Å². The number of hydrogen-bond acceptors (Lipinski definition) is 4. The number of halogens is 1. The first-order chi connectivity index (χ1) is 9.35. The smallest absolute Gasteiger partial charge is 0.148 e. The second kappa shape index (κ2) is 6.33. The fourth-order valence-electron chi connectivity index (χ4n) is 1.80. The Morgan fingerprint density at radius 3 is 2.65 bits per heavy atom. The number of nitrogens with one attached hydrogen (secondary N) is 1. The number of aryl methyl sites for hydroxylation is 1. The quantitative estimate of drug-likeness (QED) is 0.894. The summed E-state index contributed by atoms with van der Waals surface area (Å²) in [6.07, 6.45) is 0.915. The molecule has 2 aromatic rings. The molecule has 5 heteroatoms. The van der Waals surface area contributed by atoms with Crippen LogP contribution in [-0.4, -0.2) is 22.3 Å². The molecule has 0 amide bonds. The first kappa shape index (κ1) is 15.6. The molecule has 0 atom stereocenters. The fraction of sp³-hybridized carbons (Fsp3) is 0.467. The number of hydrogen-bond donors (Lipinski definition) is 1. The molecule has 0 aliphatic rings. The highest BCUT2D eigenvalue weighted by molar-refractivity contribution is 9.10. The van der Waals surface area contributed by atoms with E-state index >= 15 is 0 Å². The molecule has 0 unspecified atom stereocenters. The highest BCUT2D eigenvalue weighted by atomic mass is 79.9. The zero-order chi connectivity index (χ0) is 14.8. The van der Waals surface area contributed by atoms with Gasteiger partial charge >= 0.3 is 0 Å². The van der Waals surface area contributed by atoms with Crippen molar-refractivity contribution in [3.8, 4) is 10.6 Å². The molecule has 0 bridgehead atoms. The van der Waals surface area contributed by atoms with Crippen molar-refractivity contribution in [3.63, 3.8) is 0 Å². The molecule has 20 heavy (non-hydrogen) atoms. The number of aromatic nitrogens is 2. The lowest BCUT2D eigenvalue weighted by Gasteiger charge is -2.19. The molecule has 0 radical (unpaired) electrons. The highest BCUT2D eigenvalue weighted by Gasteiger charge is 2.12. The summed E-state index contributed by atoms with van der Waals surface area (Å²) >= 11 is 5.26. The van der Waals surface area contributed by atoms with E-state index < -0.39 is 0 Å². The van der Waals surface area contributed by atoms with Crippen LogP contribution >= 0.6 is 27.3 Å². The Balaban J connectivity index is 2.05. The molecule has 1 aromatic carbocycles. The van der Waals surface area contributed by atoms with Crippen LogP contribution in [0, 0.1) is 6.92 Å². The zero-order valence-electron chi connectivity index (χ0n) is 12.3. The van der Waals surface area contributed by atoms with Gasteiger partial charge < -0.3 is 5.32 Å². The molecule has 0 saturated carbocycles. The number of nitrogens with zero attached hydrogens (tertiary/aromatic N) is 2. The van der Waals surface area contributed by atoms with Gasteiger partial charge in [0.2, 0.25) is 0 Å². The van der Waals surface area contributed by atoms with Gasteiger partial charge in [0.05, 0.1) is 0 Å². The molecule has 108 valence electrons. The third-order valence-electron chi connectivity index (χ3n) is 2.82. The summed E-state index contributed by atoms with van der Waals surface area (Å²) in [6, 6.07) is 6.30. The van der Waals surface area contributed by atoms with Crippen LogP contribution in [0.1, 0.15) is 31.3 Å². The summed E-state index contributed by atoms with van der Waals surface area (Å²) in [5.41, 5.74) is 2.50. The third-order valence-corrected chi connectivity index (χ3v) is 4.49. The minimum absolute atomic E-state index is 0.146. The molecule has 0 aliphatic carbocycles. The highest BCUT2D eigenvalue weighted by Crippen LogP contribution is 2.31. The zero-order valence-corrected chi connectivity index (χ0v) is 14.7. The SMILES string of the molecule is Cc1ccc(-c2nnc(CCNC(C)(C)C)s2)c(Br)c1. The van der Waals surface area contributed by atoms with Crippen LogP contribution in [0.4, 0.5) is 0 Å². The Labute approximate surface area is 133 Å². The van der Waals surface area contributed by atoms with Crippen LogP contribution in [-0.2, 0) is 6.42 Å². The van der Waals surface area contributed by atoms with Gasteiger partial charge in [0.25, 0.3) is 0 Å². The van der Waals surface area contributed by atoms with Crippen molar-refractivity contribution in [1.29, 1.82) is 0 Å². The average Bonchev–Trinajstić information content (AvgIpc) is 2.75. The van der Waals surface area contributed by atoms with Crippen molar-refractivity contribution >= 4 is 27.3 Å². The Bertz CT molecular complexity index is 587. The molecule has 1 aromatic heterocycles. The molecule has 1 heterocycles. The lowest BCUT2D eigenvalue weighted by Crippen LogP contribution is -2.37. The third kappa shape index (κ3) is 4.36. The molecular weight excluding hydrogens is 334 g/mol. The largest absolute Gasteiger partial charge is 0.312 e. The van der Waals surface area contributed by atoms with Gasteiger partial charge in [-0.1, -0.05) is 39.4 Å². The monoisotopic (exact) mass is 353 g/mol. The van der Waals surface area contributed by atoms with E-state index in [-0.39, 0.29) is 5.54 Å². The number of rotatable bonds is 4. The van der Waals surface area contributed by atoms with Crippen molar-refractivity contribution < 1.29 is 0 Å². The summed E-state index contributed by atoms with van der Waals surface area (Å²) in [7, 11) is 0. The van der Waals surface area contributed by atoms with E-state index in [1.807, 2.05) is 0 Å². The summed E-state index contributed by atoms with van der Waals surface area (Å²) in [6.45, 7) is 9.51. The minimum Gasteiger partial charge on any atom is -0.312 e. The van der Waals surface area contributed by atoms with E-state index in [2.05, 4.69) is 77.3 Å². The van der Waals surface area contributed by atoms with E-state index in [1.54, 1.807) is 11.3 Å². The standard InChI is InChI=1S/C15H20BrN3S/c1-10-5-6-11(12(16)9-10)14-19-18-13(20-14)7-8-17-15(2,3)4/h5-6,9,17H,7-8H2,1-4H3. The number of benzene rings is 1. The van der Waals surface area contributed by atoms with Crippen LogP contribution in [0.3, 0.4) is 0 Å². The van der Waals surface area contributed by atoms with Gasteiger partial charge in [-0.25, -0.2) is 0 Å². The first-order valence-corrected chi connectivity index (χ1v) is 8.30. The van der Waals surface area contributed by atoms with Gasteiger partial charge in [0.1, 0.15) is 10.0 Å². The molecule has 3 nitrogen and oxygen atoms in total. The Morgan fingerprint density at radius 1 is 1.25 bits per heavy atom. The van der Waals surface area contributed by atoms with E-state index in [0.717, 1.165) is 33.0 Å². The molecule has 0 saturated heterocycles. The molecule has 0 aliphatic heterocycles. The van der Waals surface area contributed by atoms with Crippen molar-refractivity contribution in [3.05, 3.63) is 33.2 Å². The van der Waals surface area contributed by atoms with Gasteiger partial charge in [-0.05, 0) is 39.3 Å². The van der Waals surface area contributed by atoms with Crippen LogP contribution in [0.5, 0.6) is 0 Å². The lowest BCUT2D eigenvalue weighted by molar-refractivity contribution is 0.429. The second-order valence-electron chi connectivity index (χ2n) is 5.91. The van der Waals surface area contributed by atoms with E-state index in [0.29, 0.717) is 0 Å². The molecule has 2 rings (SSSR count). The fourth-order valence-corrected chi connectivity index (χ4v) is 3.49. The lowest BCUT2D eigenvalue weighted by atomic mass is 10.1. The van der Waals surface area contributed by atoms with E-state index in [1.165, 1.54) is 5.56 Å². The maximum absolute atomic E-state index is 4.30. The average molecular weight is 354 g/mol. The predicted octanol–water partition coefficient (Wildman–Crippen LogP) is 4.21. The Hall–Kier alpha value is -0.780. The van der Waals surface area contributed by atoms with E-state index in [4.69, 9.17) is 0 Å². The van der Waals surface area contributed by atoms with Crippen LogP contribution < -0.4 is 5.32 Å². The maximum atomic E-state index is 4.30. The molecule has 0 fully saturated rings. The van der Waals surface area contributed by atoms with Crippen molar-refractivity contribution in [2.45, 2.75) is 39.7 Å². The van der Waals surface area contributed by atoms with Crippen molar-refractivity contribution in [2.75, 3.05) is 6.54 Å². The molecular formula is C15H20BrN3S. The van der Waals surface area contributed by atoms with Gasteiger partial charge in [-0.2, -0.15) is 0 Å².